The fourth-order valence-corrected chi connectivity index (χ4v) is 2.73. The van der Waals surface area contributed by atoms with Crippen LogP contribution in [0, 0.1) is 0 Å². The lowest BCUT2D eigenvalue weighted by Gasteiger charge is -2.25. The van der Waals surface area contributed by atoms with Crippen molar-refractivity contribution >= 4 is 11.6 Å². The number of rotatable bonds is 7. The summed E-state index contributed by atoms with van der Waals surface area (Å²) in [6, 6.07) is 17.8. The van der Waals surface area contributed by atoms with Gasteiger partial charge in [-0.1, -0.05) is 30.3 Å². The molecule has 3 rings (SSSR count). The van der Waals surface area contributed by atoms with Gasteiger partial charge in [0.05, 0.1) is 26.4 Å². The van der Waals surface area contributed by atoms with Crippen molar-refractivity contribution in [3.05, 3.63) is 60.2 Å². The van der Waals surface area contributed by atoms with Crippen LogP contribution in [0.5, 0.6) is 5.75 Å². The van der Waals surface area contributed by atoms with E-state index < -0.39 is 0 Å². The molecular formula is C20H24N2O3. The maximum atomic E-state index is 12.1. The molecule has 2 aromatic rings. The van der Waals surface area contributed by atoms with Gasteiger partial charge in [-0.15, -0.1) is 0 Å². The maximum Gasteiger partial charge on any atom is 0.238 e. The Kier molecular flexibility index (Phi) is 6.42. The Morgan fingerprint density at radius 2 is 1.76 bits per heavy atom. The van der Waals surface area contributed by atoms with E-state index in [1.54, 1.807) is 0 Å². The summed E-state index contributed by atoms with van der Waals surface area (Å²) in [6.07, 6.45) is 0.874. The molecule has 1 saturated heterocycles. The van der Waals surface area contributed by atoms with Gasteiger partial charge in [0.15, 0.2) is 0 Å². The summed E-state index contributed by atoms with van der Waals surface area (Å²) in [5.74, 6) is 0.807. The summed E-state index contributed by atoms with van der Waals surface area (Å²) in [5.41, 5.74) is 2.04. The summed E-state index contributed by atoms with van der Waals surface area (Å²) >= 11 is 0. The number of carbonyl (C=O) groups excluding carboxylic acids is 1. The van der Waals surface area contributed by atoms with Gasteiger partial charge >= 0.3 is 0 Å². The number of amides is 1. The minimum absolute atomic E-state index is 0.000328. The first-order valence-electron chi connectivity index (χ1n) is 8.66. The van der Waals surface area contributed by atoms with Crippen molar-refractivity contribution in [1.82, 2.24) is 4.90 Å². The third-order valence-electron chi connectivity index (χ3n) is 4.11. The van der Waals surface area contributed by atoms with Gasteiger partial charge in [0.2, 0.25) is 5.91 Å². The molecule has 25 heavy (non-hydrogen) atoms. The van der Waals surface area contributed by atoms with E-state index in [1.165, 1.54) is 5.56 Å². The van der Waals surface area contributed by atoms with Gasteiger partial charge in [-0.25, -0.2) is 0 Å². The lowest BCUT2D eigenvalue weighted by Crippen LogP contribution is -2.41. The zero-order valence-corrected chi connectivity index (χ0v) is 14.3. The molecule has 0 radical (unpaired) electrons. The normalized spacial score (nSPS) is 14.9. The Morgan fingerprint density at radius 1 is 1.04 bits per heavy atom. The first-order valence-corrected chi connectivity index (χ1v) is 8.66. The maximum absolute atomic E-state index is 12.1. The van der Waals surface area contributed by atoms with Crippen molar-refractivity contribution < 1.29 is 14.3 Å². The summed E-state index contributed by atoms with van der Waals surface area (Å²) in [5, 5.41) is 2.92. The third kappa shape index (κ3) is 5.89. The van der Waals surface area contributed by atoms with E-state index in [-0.39, 0.29) is 5.91 Å². The van der Waals surface area contributed by atoms with Gasteiger partial charge in [0, 0.05) is 25.2 Å². The Balaban J connectivity index is 1.41. The molecule has 1 aliphatic heterocycles. The number of hydrogen-bond acceptors (Lipinski definition) is 4. The highest BCUT2D eigenvalue weighted by molar-refractivity contribution is 5.92. The molecule has 1 fully saturated rings. The van der Waals surface area contributed by atoms with Crippen molar-refractivity contribution in [3.8, 4) is 5.75 Å². The average molecular weight is 340 g/mol. The molecule has 0 atom stereocenters. The van der Waals surface area contributed by atoms with E-state index in [9.17, 15) is 4.79 Å². The number of nitrogens with zero attached hydrogens (tertiary/aromatic N) is 1. The first kappa shape index (κ1) is 17.5. The van der Waals surface area contributed by atoms with Crippen LogP contribution < -0.4 is 10.1 Å². The Hall–Kier alpha value is -2.37. The second-order valence-electron chi connectivity index (χ2n) is 6.05. The number of ether oxygens (including phenoxy) is 2. The molecule has 0 bridgehead atoms. The van der Waals surface area contributed by atoms with Crippen molar-refractivity contribution in [3.63, 3.8) is 0 Å². The first-order chi connectivity index (χ1) is 12.3. The van der Waals surface area contributed by atoms with Crippen LogP contribution in [0.2, 0.25) is 0 Å². The fraction of sp³-hybridized carbons (Fsp3) is 0.350. The summed E-state index contributed by atoms with van der Waals surface area (Å²) in [6.45, 7) is 4.04. The minimum Gasteiger partial charge on any atom is -0.493 e. The molecule has 1 N–H and O–H groups in total. The van der Waals surface area contributed by atoms with E-state index in [4.69, 9.17) is 9.47 Å². The highest BCUT2D eigenvalue weighted by Crippen LogP contribution is 2.16. The predicted molar refractivity (Wildman–Crippen MR) is 98.0 cm³/mol. The van der Waals surface area contributed by atoms with Crippen LogP contribution in [0.1, 0.15) is 5.56 Å². The Labute approximate surface area is 148 Å². The topological polar surface area (TPSA) is 50.8 Å². The van der Waals surface area contributed by atoms with Crippen LogP contribution in [0.15, 0.2) is 54.6 Å². The second kappa shape index (κ2) is 9.20. The van der Waals surface area contributed by atoms with Gasteiger partial charge < -0.3 is 14.8 Å². The predicted octanol–water partition coefficient (Wildman–Crippen LogP) is 2.58. The largest absolute Gasteiger partial charge is 0.493 e. The summed E-state index contributed by atoms with van der Waals surface area (Å²) in [7, 11) is 0. The Bertz CT molecular complexity index is 652. The molecule has 1 aliphatic rings. The smallest absolute Gasteiger partial charge is 0.238 e. The number of morpholine rings is 1. The van der Waals surface area contributed by atoms with Crippen molar-refractivity contribution in [1.29, 1.82) is 0 Å². The molecule has 0 saturated carbocycles. The standard InChI is InChI=1S/C20H24N2O3/c23-20(16-22-11-14-24-15-12-22)21-18-6-8-19(9-7-18)25-13-10-17-4-2-1-3-5-17/h1-9H,10-16H2,(H,21,23). The molecule has 1 amide bonds. The van der Waals surface area contributed by atoms with E-state index >= 15 is 0 Å². The molecule has 1 heterocycles. The molecule has 5 nitrogen and oxygen atoms in total. The van der Waals surface area contributed by atoms with Crippen LogP contribution in [-0.2, 0) is 16.0 Å². The molecule has 132 valence electrons. The van der Waals surface area contributed by atoms with Crippen LogP contribution in [0.3, 0.4) is 0 Å². The average Bonchev–Trinajstić information content (AvgIpc) is 2.65. The van der Waals surface area contributed by atoms with Crippen molar-refractivity contribution in [2.45, 2.75) is 6.42 Å². The Morgan fingerprint density at radius 3 is 2.48 bits per heavy atom. The van der Waals surface area contributed by atoms with Crippen LogP contribution >= 0.6 is 0 Å². The van der Waals surface area contributed by atoms with E-state index in [1.807, 2.05) is 42.5 Å². The highest BCUT2D eigenvalue weighted by Gasteiger charge is 2.14. The van der Waals surface area contributed by atoms with Crippen LogP contribution in [-0.4, -0.2) is 50.3 Å². The quantitative estimate of drug-likeness (QED) is 0.842. The second-order valence-corrected chi connectivity index (χ2v) is 6.05. The molecule has 0 unspecified atom stereocenters. The molecular weight excluding hydrogens is 316 g/mol. The van der Waals surface area contributed by atoms with E-state index in [0.717, 1.165) is 30.9 Å². The van der Waals surface area contributed by atoms with Gasteiger partial charge in [0.25, 0.3) is 0 Å². The van der Waals surface area contributed by atoms with Crippen molar-refractivity contribution in [2.24, 2.45) is 0 Å². The van der Waals surface area contributed by atoms with E-state index in [0.29, 0.717) is 26.4 Å². The third-order valence-corrected chi connectivity index (χ3v) is 4.11. The van der Waals surface area contributed by atoms with Gasteiger partial charge in [-0.2, -0.15) is 0 Å². The minimum atomic E-state index is -0.000328. The van der Waals surface area contributed by atoms with Gasteiger partial charge in [-0.05, 0) is 29.8 Å². The summed E-state index contributed by atoms with van der Waals surface area (Å²) < 4.78 is 11.0. The fourth-order valence-electron chi connectivity index (χ4n) is 2.73. The number of hydrogen-bond donors (Lipinski definition) is 1. The molecule has 0 spiro atoms. The SMILES string of the molecule is O=C(CN1CCOCC1)Nc1ccc(OCCc2ccccc2)cc1. The van der Waals surface area contributed by atoms with Crippen LogP contribution in [0.4, 0.5) is 5.69 Å². The highest BCUT2D eigenvalue weighted by atomic mass is 16.5. The molecule has 0 aromatic heterocycles. The lowest BCUT2D eigenvalue weighted by atomic mass is 10.2. The zero-order chi connectivity index (χ0) is 17.3. The lowest BCUT2D eigenvalue weighted by molar-refractivity contribution is -0.118. The number of nitrogens with one attached hydrogen (secondary N) is 1. The van der Waals surface area contributed by atoms with Crippen LogP contribution in [0.25, 0.3) is 0 Å². The number of carbonyl (C=O) groups is 1. The zero-order valence-electron chi connectivity index (χ0n) is 14.3. The monoisotopic (exact) mass is 340 g/mol. The summed E-state index contributed by atoms with van der Waals surface area (Å²) in [4.78, 5) is 14.2. The van der Waals surface area contributed by atoms with Gasteiger partial charge in [-0.3, -0.25) is 9.69 Å². The number of benzene rings is 2. The van der Waals surface area contributed by atoms with Gasteiger partial charge in [0.1, 0.15) is 5.75 Å². The molecule has 0 aliphatic carbocycles. The number of anilines is 1. The van der Waals surface area contributed by atoms with E-state index in [2.05, 4.69) is 22.3 Å². The molecule has 5 heteroatoms. The van der Waals surface area contributed by atoms with Crippen molar-refractivity contribution in [2.75, 3.05) is 44.8 Å². The molecule has 2 aromatic carbocycles.